The normalized spacial score (nSPS) is 28.5. The third-order valence-electron chi connectivity index (χ3n) is 3.82. The molecule has 6 atom stereocenters. The van der Waals surface area contributed by atoms with Gasteiger partial charge in [0.15, 0.2) is 17.7 Å². The van der Waals surface area contributed by atoms with E-state index in [9.17, 15) is 28.8 Å². The highest BCUT2D eigenvalue weighted by Crippen LogP contribution is 2.66. The summed E-state index contributed by atoms with van der Waals surface area (Å²) < 4.78 is 51.9. The third-order valence-corrected chi connectivity index (χ3v) is 7.62. The van der Waals surface area contributed by atoms with Crippen molar-refractivity contribution in [3.8, 4) is 0 Å². The van der Waals surface area contributed by atoms with Gasteiger partial charge in [0.1, 0.15) is 30.2 Å². The Kier molecular flexibility index (Phi) is 6.68. The Morgan fingerprint density at radius 1 is 1.03 bits per heavy atom. The quantitative estimate of drug-likeness (QED) is 0.197. The second-order valence-electron chi connectivity index (χ2n) is 6.02. The summed E-state index contributed by atoms with van der Waals surface area (Å²) in [6, 6.07) is 0. The molecule has 0 saturated carbocycles. The number of hydrogen-bond donors (Lipinski definition) is 7. The second-order valence-corrected chi connectivity index (χ2v) is 10.4. The van der Waals surface area contributed by atoms with E-state index in [0.29, 0.717) is 0 Å². The zero-order valence-electron chi connectivity index (χ0n) is 14.9. The first-order valence-corrected chi connectivity index (χ1v) is 12.4. The highest BCUT2D eigenvalue weighted by atomic mass is 31.3. The molecule has 31 heavy (non-hydrogen) atoms. The summed E-state index contributed by atoms with van der Waals surface area (Å²) in [6.07, 6.45) is -3.69. The smallest absolute Gasteiger partial charge is 0.387 e. The number of nitrogens with zero attached hydrogens (tertiary/aromatic N) is 4. The Labute approximate surface area is 171 Å². The van der Waals surface area contributed by atoms with E-state index >= 15 is 0 Å². The Bertz CT molecular complexity index is 1100. The van der Waals surface area contributed by atoms with Crippen LogP contribution in [-0.4, -0.2) is 74.2 Å². The summed E-state index contributed by atoms with van der Waals surface area (Å²) >= 11 is 0. The minimum atomic E-state index is -5.70. The van der Waals surface area contributed by atoms with Crippen molar-refractivity contribution >= 4 is 40.4 Å². The molecular formula is C10H16N5O13P3. The van der Waals surface area contributed by atoms with Gasteiger partial charge in [-0.2, -0.15) is 8.62 Å². The molecule has 3 rings (SSSR count). The molecule has 1 fully saturated rings. The minimum absolute atomic E-state index is 0.0426. The van der Waals surface area contributed by atoms with Crippen LogP contribution >= 0.6 is 23.5 Å². The number of fused-ring (bicyclic) bond motifs is 1. The molecule has 1 aliphatic heterocycles. The van der Waals surface area contributed by atoms with Crippen LogP contribution in [0.5, 0.6) is 0 Å². The van der Waals surface area contributed by atoms with E-state index in [2.05, 4.69) is 28.1 Å². The van der Waals surface area contributed by atoms with E-state index in [0.717, 1.165) is 6.33 Å². The van der Waals surface area contributed by atoms with Gasteiger partial charge in [0.25, 0.3) is 0 Å². The number of nitrogen functional groups attached to an aromatic ring is 1. The highest BCUT2D eigenvalue weighted by Gasteiger charge is 2.47. The van der Waals surface area contributed by atoms with Crippen LogP contribution in [0.2, 0.25) is 0 Å². The van der Waals surface area contributed by atoms with Crippen LogP contribution in [0.1, 0.15) is 6.23 Å². The molecule has 3 heterocycles. The first kappa shape index (κ1) is 24.3. The van der Waals surface area contributed by atoms with Crippen LogP contribution < -0.4 is 5.73 Å². The first-order valence-electron chi connectivity index (χ1n) is 7.92. The maximum Gasteiger partial charge on any atom is 0.490 e. The lowest BCUT2D eigenvalue weighted by Gasteiger charge is -2.19. The van der Waals surface area contributed by atoms with Gasteiger partial charge in [0, 0.05) is 0 Å². The number of phosphoric ester groups is 1. The minimum Gasteiger partial charge on any atom is -0.387 e. The van der Waals surface area contributed by atoms with Gasteiger partial charge < -0.3 is 40.3 Å². The maximum absolute atomic E-state index is 11.8. The van der Waals surface area contributed by atoms with Gasteiger partial charge in [0.2, 0.25) is 0 Å². The molecule has 1 saturated heterocycles. The van der Waals surface area contributed by atoms with Crippen molar-refractivity contribution in [1.82, 2.24) is 19.5 Å². The largest absolute Gasteiger partial charge is 0.490 e. The van der Waals surface area contributed by atoms with Gasteiger partial charge in [0.05, 0.1) is 12.9 Å². The first-order chi connectivity index (χ1) is 14.2. The van der Waals surface area contributed by atoms with Gasteiger partial charge >= 0.3 is 23.5 Å². The van der Waals surface area contributed by atoms with Crippen LogP contribution in [0, 0.1) is 0 Å². The van der Waals surface area contributed by atoms with Crippen molar-refractivity contribution in [1.29, 1.82) is 0 Å². The molecule has 0 amide bonds. The molecule has 0 spiro atoms. The molecule has 2 aromatic rings. The van der Waals surface area contributed by atoms with Crippen molar-refractivity contribution in [3.63, 3.8) is 0 Å². The zero-order chi connectivity index (χ0) is 23.2. The van der Waals surface area contributed by atoms with Crippen molar-refractivity contribution in [2.75, 3.05) is 12.3 Å². The molecule has 2 aromatic heterocycles. The Morgan fingerprint density at radius 2 is 1.71 bits per heavy atom. The van der Waals surface area contributed by atoms with E-state index in [1.165, 1.54) is 10.9 Å². The number of aliphatic hydroxyl groups is 2. The van der Waals surface area contributed by atoms with Gasteiger partial charge in [-0.05, 0) is 0 Å². The number of phosphoric acid groups is 3. The molecular weight excluding hydrogens is 491 g/mol. The number of anilines is 1. The number of imidazole rings is 1. The monoisotopic (exact) mass is 507 g/mol. The summed E-state index contributed by atoms with van der Waals surface area (Å²) in [5.41, 5.74) is 6.00. The third kappa shape index (κ3) is 5.71. The zero-order valence-corrected chi connectivity index (χ0v) is 17.6. The SMILES string of the molecule is Nc1ncnc2c1ncn2[C@H]1O[C@@H](COP(=O)(O)OP(=O)(O)OP(=O)(O)O)[C@@H](O)C1O. The van der Waals surface area contributed by atoms with Crippen LogP contribution in [0.4, 0.5) is 5.82 Å². The van der Waals surface area contributed by atoms with Crippen molar-refractivity contribution in [3.05, 3.63) is 12.7 Å². The fraction of sp³-hybridized carbons (Fsp3) is 0.500. The lowest BCUT2D eigenvalue weighted by molar-refractivity contribution is -0.0503. The van der Waals surface area contributed by atoms with Gasteiger partial charge in [-0.3, -0.25) is 9.09 Å². The van der Waals surface area contributed by atoms with E-state index in [4.69, 9.17) is 25.2 Å². The Hall–Kier alpha value is -1.36. The summed E-state index contributed by atoms with van der Waals surface area (Å²) in [4.78, 5) is 47.2. The maximum atomic E-state index is 11.8. The van der Waals surface area contributed by atoms with Crippen molar-refractivity contribution in [2.45, 2.75) is 24.5 Å². The lowest BCUT2D eigenvalue weighted by atomic mass is 10.1. The predicted octanol–water partition coefficient (Wildman–Crippen LogP) is -1.63. The number of aromatic nitrogens is 4. The number of aliphatic hydroxyl groups excluding tert-OH is 2. The van der Waals surface area contributed by atoms with Gasteiger partial charge in [-0.25, -0.2) is 28.6 Å². The summed E-state index contributed by atoms with van der Waals surface area (Å²) in [6.45, 7) is -0.956. The molecule has 1 aliphatic rings. The predicted molar refractivity (Wildman–Crippen MR) is 95.5 cm³/mol. The standard InChI is InChI=1S/C10H16N5O13P3/c11-8-5-9(13-2-12-8)15(3-14-5)10-7(17)6(16)4(26-10)1-25-30(21,22)28-31(23,24)27-29(18,19)20/h2-4,6-7,10,16-17H,1H2,(H,21,22)(H,23,24)(H2,11,12,13)(H2,18,19,20)/t4-,6+,7?,10-/m0/s1. The van der Waals surface area contributed by atoms with E-state index in [1.807, 2.05) is 0 Å². The average Bonchev–Trinajstić information content (AvgIpc) is 3.13. The molecule has 0 aliphatic carbocycles. The number of hydrogen-bond acceptors (Lipinski definition) is 13. The average molecular weight is 507 g/mol. The fourth-order valence-corrected chi connectivity index (χ4v) is 5.65. The molecule has 21 heteroatoms. The summed E-state index contributed by atoms with van der Waals surface area (Å²) in [5, 5.41) is 20.4. The summed E-state index contributed by atoms with van der Waals surface area (Å²) in [7, 11) is -16.7. The molecule has 0 radical (unpaired) electrons. The van der Waals surface area contributed by atoms with E-state index in [1.54, 1.807) is 0 Å². The van der Waals surface area contributed by atoms with E-state index in [-0.39, 0.29) is 17.0 Å². The molecule has 18 nitrogen and oxygen atoms in total. The van der Waals surface area contributed by atoms with Gasteiger partial charge in [-0.15, -0.1) is 0 Å². The molecule has 0 aromatic carbocycles. The molecule has 0 bridgehead atoms. The molecule has 8 N–H and O–H groups in total. The van der Waals surface area contributed by atoms with Crippen LogP contribution in [0.25, 0.3) is 11.2 Å². The van der Waals surface area contributed by atoms with Crippen molar-refractivity contribution in [2.24, 2.45) is 0 Å². The second kappa shape index (κ2) is 8.53. The number of rotatable bonds is 8. The molecule has 174 valence electrons. The van der Waals surface area contributed by atoms with Crippen LogP contribution in [0.15, 0.2) is 12.7 Å². The lowest BCUT2D eigenvalue weighted by Crippen LogP contribution is -2.33. The van der Waals surface area contributed by atoms with E-state index < -0.39 is 54.6 Å². The number of ether oxygens (including phenoxy) is 1. The number of nitrogens with two attached hydrogens (primary N) is 1. The topological polar surface area (TPSA) is 279 Å². The Balaban J connectivity index is 1.69. The van der Waals surface area contributed by atoms with Gasteiger partial charge in [-0.1, -0.05) is 0 Å². The fourth-order valence-electron chi connectivity index (χ4n) is 2.62. The Morgan fingerprint density at radius 3 is 2.35 bits per heavy atom. The van der Waals surface area contributed by atoms with Crippen LogP contribution in [0.3, 0.4) is 0 Å². The van der Waals surface area contributed by atoms with Crippen molar-refractivity contribution < 1.29 is 61.4 Å². The summed E-state index contributed by atoms with van der Waals surface area (Å²) in [5.74, 6) is 0.0426. The molecule has 3 unspecified atom stereocenters. The highest BCUT2D eigenvalue weighted by molar-refractivity contribution is 7.66. The van der Waals surface area contributed by atoms with Crippen LogP contribution in [-0.2, 0) is 31.6 Å².